The number of aromatic nitrogens is 1. The number of anilines is 2. The molecular formula is C14H14ClN3O2. The van der Waals surface area contributed by atoms with Crippen LogP contribution in [0, 0.1) is 0 Å². The molecule has 1 aromatic carbocycles. The molecule has 2 aromatic rings. The third-order valence-corrected chi connectivity index (χ3v) is 2.74. The van der Waals surface area contributed by atoms with Crippen molar-refractivity contribution in [2.24, 2.45) is 0 Å². The lowest BCUT2D eigenvalue weighted by molar-refractivity contribution is 0.102. The highest BCUT2D eigenvalue weighted by atomic mass is 35.5. The average molecular weight is 292 g/mol. The minimum Gasteiger partial charge on any atom is -0.492 e. The summed E-state index contributed by atoms with van der Waals surface area (Å²) in [6.07, 6.45) is 1.43. The summed E-state index contributed by atoms with van der Waals surface area (Å²) in [5.74, 6) is 0.203. The Kier molecular flexibility index (Phi) is 4.42. The lowest BCUT2D eigenvalue weighted by Crippen LogP contribution is -2.14. The molecule has 0 saturated heterocycles. The molecule has 0 unspecified atom stereocenters. The molecule has 5 nitrogen and oxygen atoms in total. The number of ether oxygens (including phenoxy) is 1. The number of nitrogen functional groups attached to an aromatic ring is 1. The minimum atomic E-state index is -0.354. The molecule has 1 heterocycles. The second-order valence-electron chi connectivity index (χ2n) is 4.00. The summed E-state index contributed by atoms with van der Waals surface area (Å²) in [6.45, 7) is 2.35. The predicted octanol–water partition coefficient (Wildman–Crippen LogP) is 2.97. The first-order valence-corrected chi connectivity index (χ1v) is 6.43. The number of amides is 1. The highest BCUT2D eigenvalue weighted by Crippen LogP contribution is 2.28. The highest BCUT2D eigenvalue weighted by Gasteiger charge is 2.11. The van der Waals surface area contributed by atoms with Crippen LogP contribution in [0.25, 0.3) is 0 Å². The molecule has 1 aromatic heterocycles. The van der Waals surface area contributed by atoms with Crippen LogP contribution in [0.1, 0.15) is 17.4 Å². The first-order chi connectivity index (χ1) is 9.60. The van der Waals surface area contributed by atoms with Gasteiger partial charge in [0.05, 0.1) is 24.2 Å². The fraction of sp³-hybridized carbons (Fsp3) is 0.143. The van der Waals surface area contributed by atoms with Gasteiger partial charge in [-0.3, -0.25) is 4.79 Å². The van der Waals surface area contributed by atoms with E-state index in [9.17, 15) is 4.79 Å². The van der Waals surface area contributed by atoms with Gasteiger partial charge in [-0.1, -0.05) is 11.6 Å². The maximum Gasteiger partial charge on any atom is 0.274 e. The van der Waals surface area contributed by atoms with Crippen molar-refractivity contribution < 1.29 is 9.53 Å². The maximum atomic E-state index is 12.1. The molecular weight excluding hydrogens is 278 g/mol. The number of nitrogens with two attached hydrogens (primary N) is 1. The molecule has 0 bridgehead atoms. The van der Waals surface area contributed by atoms with Gasteiger partial charge >= 0.3 is 0 Å². The van der Waals surface area contributed by atoms with Gasteiger partial charge in [-0.25, -0.2) is 4.98 Å². The topological polar surface area (TPSA) is 77.2 Å². The second-order valence-corrected chi connectivity index (χ2v) is 4.44. The van der Waals surface area contributed by atoms with E-state index in [1.807, 2.05) is 6.92 Å². The molecule has 0 fully saturated rings. The Labute approximate surface area is 121 Å². The SMILES string of the molecule is CCOc1ccc(Cl)cc1NC(=O)c1ccc(N)cn1. The molecule has 0 radical (unpaired) electrons. The Balaban J connectivity index is 2.22. The maximum absolute atomic E-state index is 12.1. The van der Waals surface area contributed by atoms with E-state index in [4.69, 9.17) is 22.1 Å². The van der Waals surface area contributed by atoms with Gasteiger partial charge in [0.1, 0.15) is 11.4 Å². The quantitative estimate of drug-likeness (QED) is 0.908. The zero-order valence-corrected chi connectivity index (χ0v) is 11.6. The van der Waals surface area contributed by atoms with Crippen molar-refractivity contribution in [3.8, 4) is 5.75 Å². The molecule has 3 N–H and O–H groups in total. The molecule has 6 heteroatoms. The van der Waals surface area contributed by atoms with Gasteiger partial charge in [-0.15, -0.1) is 0 Å². The van der Waals surface area contributed by atoms with Crippen LogP contribution in [0.5, 0.6) is 5.75 Å². The molecule has 0 aliphatic carbocycles. The van der Waals surface area contributed by atoms with Gasteiger partial charge < -0.3 is 15.8 Å². The van der Waals surface area contributed by atoms with Crippen molar-refractivity contribution in [1.29, 1.82) is 0 Å². The fourth-order valence-electron chi connectivity index (χ4n) is 1.61. The van der Waals surface area contributed by atoms with E-state index in [1.165, 1.54) is 6.20 Å². The van der Waals surface area contributed by atoms with Crippen LogP contribution in [0.15, 0.2) is 36.5 Å². The highest BCUT2D eigenvalue weighted by molar-refractivity contribution is 6.31. The van der Waals surface area contributed by atoms with Crippen LogP contribution in [0.2, 0.25) is 5.02 Å². The summed E-state index contributed by atoms with van der Waals surface area (Å²) in [5.41, 5.74) is 6.80. The van der Waals surface area contributed by atoms with Gasteiger partial charge in [0.2, 0.25) is 0 Å². The summed E-state index contributed by atoms with van der Waals surface area (Å²) in [5, 5.41) is 3.23. The van der Waals surface area contributed by atoms with Crippen LogP contribution in [-0.2, 0) is 0 Å². The number of pyridine rings is 1. The molecule has 2 rings (SSSR count). The lowest BCUT2D eigenvalue weighted by atomic mass is 10.2. The van der Waals surface area contributed by atoms with Crippen molar-refractivity contribution in [1.82, 2.24) is 4.98 Å². The van der Waals surface area contributed by atoms with Crippen molar-refractivity contribution in [3.05, 3.63) is 47.2 Å². The number of hydrogen-bond donors (Lipinski definition) is 2. The third kappa shape index (κ3) is 3.39. The normalized spacial score (nSPS) is 10.1. The van der Waals surface area contributed by atoms with Crippen molar-refractivity contribution in [2.45, 2.75) is 6.92 Å². The standard InChI is InChI=1S/C14H14ClN3O2/c1-2-20-13-6-3-9(15)7-12(13)18-14(19)11-5-4-10(16)8-17-11/h3-8H,2,16H2,1H3,(H,18,19). The smallest absolute Gasteiger partial charge is 0.274 e. The number of nitrogens with one attached hydrogen (secondary N) is 1. The molecule has 0 aliphatic rings. The minimum absolute atomic E-state index is 0.265. The van der Waals surface area contributed by atoms with E-state index in [2.05, 4.69) is 10.3 Å². The second kappa shape index (κ2) is 6.25. The number of carbonyl (C=O) groups excluding carboxylic acids is 1. The molecule has 20 heavy (non-hydrogen) atoms. The summed E-state index contributed by atoms with van der Waals surface area (Å²) in [6, 6.07) is 8.20. The Morgan fingerprint density at radius 1 is 1.40 bits per heavy atom. The molecule has 0 spiro atoms. The number of halogens is 1. The molecule has 1 amide bonds. The fourth-order valence-corrected chi connectivity index (χ4v) is 1.78. The summed E-state index contributed by atoms with van der Waals surface area (Å²) in [4.78, 5) is 16.0. The first-order valence-electron chi connectivity index (χ1n) is 6.05. The first kappa shape index (κ1) is 14.1. The largest absolute Gasteiger partial charge is 0.492 e. The number of benzene rings is 1. The monoisotopic (exact) mass is 291 g/mol. The van der Waals surface area contributed by atoms with E-state index < -0.39 is 0 Å². The Morgan fingerprint density at radius 2 is 2.20 bits per heavy atom. The van der Waals surface area contributed by atoms with Crippen molar-refractivity contribution in [3.63, 3.8) is 0 Å². The third-order valence-electron chi connectivity index (χ3n) is 2.51. The van der Waals surface area contributed by atoms with Gasteiger partial charge in [0, 0.05) is 5.02 Å². The molecule has 0 saturated carbocycles. The van der Waals surface area contributed by atoms with E-state index in [0.29, 0.717) is 28.8 Å². The van der Waals surface area contributed by atoms with Crippen LogP contribution in [0.4, 0.5) is 11.4 Å². The van der Waals surface area contributed by atoms with Gasteiger partial charge in [0.15, 0.2) is 0 Å². The predicted molar refractivity (Wildman–Crippen MR) is 79.2 cm³/mol. The van der Waals surface area contributed by atoms with Crippen LogP contribution in [0.3, 0.4) is 0 Å². The average Bonchev–Trinajstić information content (AvgIpc) is 2.42. The Hall–Kier alpha value is -2.27. The van der Waals surface area contributed by atoms with Crippen LogP contribution in [-0.4, -0.2) is 17.5 Å². The molecule has 0 aliphatic heterocycles. The van der Waals surface area contributed by atoms with E-state index in [-0.39, 0.29) is 11.6 Å². The van der Waals surface area contributed by atoms with Gasteiger partial charge in [-0.05, 0) is 37.3 Å². The van der Waals surface area contributed by atoms with E-state index in [1.54, 1.807) is 30.3 Å². The summed E-state index contributed by atoms with van der Waals surface area (Å²) in [7, 11) is 0. The number of rotatable bonds is 4. The van der Waals surface area contributed by atoms with E-state index >= 15 is 0 Å². The number of carbonyl (C=O) groups is 1. The van der Waals surface area contributed by atoms with Crippen LogP contribution < -0.4 is 15.8 Å². The summed E-state index contributed by atoms with van der Waals surface area (Å²) < 4.78 is 5.43. The lowest BCUT2D eigenvalue weighted by Gasteiger charge is -2.11. The van der Waals surface area contributed by atoms with E-state index in [0.717, 1.165) is 0 Å². The Bertz CT molecular complexity index is 614. The van der Waals surface area contributed by atoms with Crippen LogP contribution >= 0.6 is 11.6 Å². The van der Waals surface area contributed by atoms with Crippen molar-refractivity contribution >= 4 is 28.9 Å². The zero-order chi connectivity index (χ0) is 14.5. The van der Waals surface area contributed by atoms with Gasteiger partial charge in [0.25, 0.3) is 5.91 Å². The zero-order valence-electron chi connectivity index (χ0n) is 10.9. The molecule has 104 valence electrons. The van der Waals surface area contributed by atoms with Gasteiger partial charge in [-0.2, -0.15) is 0 Å². The van der Waals surface area contributed by atoms with Crippen molar-refractivity contribution in [2.75, 3.05) is 17.7 Å². The Morgan fingerprint density at radius 3 is 2.85 bits per heavy atom. The number of hydrogen-bond acceptors (Lipinski definition) is 4. The number of nitrogens with zero attached hydrogens (tertiary/aromatic N) is 1. The summed E-state index contributed by atoms with van der Waals surface area (Å²) >= 11 is 5.93. The molecule has 0 atom stereocenters.